The second kappa shape index (κ2) is 8.08. The lowest BCUT2D eigenvalue weighted by atomic mass is 10.1. The number of para-hydroxylation sites is 1. The maximum atomic E-state index is 14.0. The van der Waals surface area contributed by atoms with E-state index in [2.05, 4.69) is 0 Å². The minimum Gasteiger partial charge on any atom is -0.366 e. The Hall–Kier alpha value is -2.41. The van der Waals surface area contributed by atoms with Crippen molar-refractivity contribution < 1.29 is 17.6 Å². The van der Waals surface area contributed by atoms with Gasteiger partial charge in [-0.1, -0.05) is 31.2 Å². The van der Waals surface area contributed by atoms with Crippen molar-refractivity contribution in [3.63, 3.8) is 0 Å². The molecule has 144 valence electrons. The minimum absolute atomic E-state index is 0.0123. The third-order valence-electron chi connectivity index (χ3n) is 4.69. The van der Waals surface area contributed by atoms with E-state index in [1.165, 1.54) is 12.1 Å². The zero-order valence-electron chi connectivity index (χ0n) is 15.3. The fraction of sp³-hybridized carbons (Fsp3) is 0.350. The predicted molar refractivity (Wildman–Crippen MR) is 103 cm³/mol. The number of carbonyl (C=O) groups is 1. The Morgan fingerprint density at radius 3 is 2.30 bits per heavy atom. The third-order valence-corrected chi connectivity index (χ3v) is 6.66. The number of piperazine rings is 1. The Kier molecular flexibility index (Phi) is 5.79. The summed E-state index contributed by atoms with van der Waals surface area (Å²) in [7, 11) is -3.49. The molecule has 3 rings (SSSR count). The first kappa shape index (κ1) is 19.4. The van der Waals surface area contributed by atoms with Gasteiger partial charge in [0, 0.05) is 26.2 Å². The van der Waals surface area contributed by atoms with Gasteiger partial charge in [0.25, 0.3) is 5.91 Å². The van der Waals surface area contributed by atoms with Crippen LogP contribution in [0.25, 0.3) is 0 Å². The highest BCUT2D eigenvalue weighted by Gasteiger charge is 2.27. The number of halogens is 1. The summed E-state index contributed by atoms with van der Waals surface area (Å²) in [5.41, 5.74) is 0.737. The van der Waals surface area contributed by atoms with Gasteiger partial charge >= 0.3 is 0 Å². The summed E-state index contributed by atoms with van der Waals surface area (Å²) in [4.78, 5) is 16.6. The molecule has 27 heavy (non-hydrogen) atoms. The van der Waals surface area contributed by atoms with Gasteiger partial charge in [0.2, 0.25) is 0 Å². The molecule has 1 saturated heterocycles. The molecule has 0 aromatic heterocycles. The van der Waals surface area contributed by atoms with Crippen LogP contribution in [-0.2, 0) is 9.84 Å². The number of anilines is 1. The number of hydrogen-bond donors (Lipinski definition) is 0. The van der Waals surface area contributed by atoms with E-state index in [4.69, 9.17) is 0 Å². The molecule has 2 aromatic carbocycles. The molecular formula is C20H23FN2O3S. The smallest absolute Gasteiger partial charge is 0.255 e. The van der Waals surface area contributed by atoms with Crippen molar-refractivity contribution in [1.82, 2.24) is 4.90 Å². The van der Waals surface area contributed by atoms with Gasteiger partial charge in [-0.15, -0.1) is 0 Å². The molecule has 1 heterocycles. The molecule has 1 fully saturated rings. The second-order valence-electron chi connectivity index (χ2n) is 6.55. The van der Waals surface area contributed by atoms with Gasteiger partial charge in [-0.3, -0.25) is 4.79 Å². The van der Waals surface area contributed by atoms with Crippen LogP contribution in [0.1, 0.15) is 23.7 Å². The van der Waals surface area contributed by atoms with Crippen LogP contribution in [0, 0.1) is 5.82 Å². The summed E-state index contributed by atoms with van der Waals surface area (Å²) < 4.78 is 39.0. The summed E-state index contributed by atoms with van der Waals surface area (Å²) in [6, 6.07) is 12.9. The molecule has 7 heteroatoms. The van der Waals surface area contributed by atoms with Crippen LogP contribution in [0.5, 0.6) is 0 Å². The molecule has 0 radical (unpaired) electrons. The van der Waals surface area contributed by atoms with Crippen LogP contribution in [0.2, 0.25) is 0 Å². The summed E-state index contributed by atoms with van der Waals surface area (Å²) in [5, 5.41) is 0. The van der Waals surface area contributed by atoms with Gasteiger partial charge in [-0.25, -0.2) is 12.8 Å². The first-order valence-electron chi connectivity index (χ1n) is 9.04. The molecule has 0 atom stereocenters. The number of hydrogen-bond acceptors (Lipinski definition) is 4. The number of nitrogens with zero attached hydrogens (tertiary/aromatic N) is 2. The molecule has 0 bridgehead atoms. The second-order valence-corrected chi connectivity index (χ2v) is 8.62. The summed E-state index contributed by atoms with van der Waals surface area (Å²) in [6.07, 6.45) is 0.492. The van der Waals surface area contributed by atoms with E-state index in [-0.39, 0.29) is 27.9 Å². The van der Waals surface area contributed by atoms with Crippen molar-refractivity contribution in [2.75, 3.05) is 36.8 Å². The predicted octanol–water partition coefficient (Wildman–Crippen LogP) is 2.97. The van der Waals surface area contributed by atoms with Crippen molar-refractivity contribution in [2.45, 2.75) is 18.2 Å². The van der Waals surface area contributed by atoms with Crippen LogP contribution in [0.4, 0.5) is 10.1 Å². The first-order valence-corrected chi connectivity index (χ1v) is 10.7. The quantitative estimate of drug-likeness (QED) is 0.788. The van der Waals surface area contributed by atoms with Gasteiger partial charge in [0.05, 0.1) is 21.9 Å². The zero-order valence-corrected chi connectivity index (χ0v) is 16.1. The van der Waals surface area contributed by atoms with Gasteiger partial charge in [-0.05, 0) is 30.7 Å². The Morgan fingerprint density at radius 2 is 1.63 bits per heavy atom. The molecule has 0 N–H and O–H groups in total. The molecule has 1 aliphatic heterocycles. The van der Waals surface area contributed by atoms with Crippen LogP contribution < -0.4 is 4.90 Å². The number of benzene rings is 2. The van der Waals surface area contributed by atoms with Crippen molar-refractivity contribution in [3.05, 3.63) is 59.9 Å². The molecule has 0 saturated carbocycles. The first-order chi connectivity index (χ1) is 12.9. The van der Waals surface area contributed by atoms with E-state index in [1.807, 2.05) is 4.90 Å². The normalized spacial score (nSPS) is 15.0. The Balaban J connectivity index is 1.77. The van der Waals surface area contributed by atoms with Crippen LogP contribution >= 0.6 is 0 Å². The van der Waals surface area contributed by atoms with Crippen molar-refractivity contribution in [1.29, 1.82) is 0 Å². The van der Waals surface area contributed by atoms with E-state index in [1.54, 1.807) is 48.2 Å². The van der Waals surface area contributed by atoms with E-state index in [9.17, 15) is 17.6 Å². The summed E-state index contributed by atoms with van der Waals surface area (Å²) in [5.74, 6) is -0.565. The van der Waals surface area contributed by atoms with E-state index >= 15 is 0 Å². The topological polar surface area (TPSA) is 57.7 Å². The fourth-order valence-electron chi connectivity index (χ4n) is 3.32. The Bertz CT molecular complexity index is 922. The largest absolute Gasteiger partial charge is 0.366 e. The monoisotopic (exact) mass is 390 g/mol. The van der Waals surface area contributed by atoms with Crippen molar-refractivity contribution in [3.8, 4) is 0 Å². The zero-order chi connectivity index (χ0) is 19.4. The van der Waals surface area contributed by atoms with E-state index in [0.29, 0.717) is 38.3 Å². The maximum absolute atomic E-state index is 14.0. The van der Waals surface area contributed by atoms with Crippen LogP contribution in [0.3, 0.4) is 0 Å². The highest BCUT2D eigenvalue weighted by molar-refractivity contribution is 7.91. The molecule has 0 spiro atoms. The lowest BCUT2D eigenvalue weighted by molar-refractivity contribution is 0.0742. The average Bonchev–Trinajstić information content (AvgIpc) is 2.68. The molecule has 0 aliphatic carbocycles. The molecule has 1 aliphatic rings. The highest BCUT2D eigenvalue weighted by atomic mass is 32.2. The summed E-state index contributed by atoms with van der Waals surface area (Å²) in [6.45, 7) is 3.61. The number of carbonyl (C=O) groups excluding carboxylic acids is 1. The molecular weight excluding hydrogens is 367 g/mol. The Morgan fingerprint density at radius 1 is 1.00 bits per heavy atom. The van der Waals surface area contributed by atoms with E-state index in [0.717, 1.165) is 0 Å². The van der Waals surface area contributed by atoms with Gasteiger partial charge < -0.3 is 9.80 Å². The van der Waals surface area contributed by atoms with Gasteiger partial charge in [0.15, 0.2) is 9.84 Å². The lowest BCUT2D eigenvalue weighted by Crippen LogP contribution is -2.49. The molecule has 1 amide bonds. The van der Waals surface area contributed by atoms with Crippen LogP contribution in [-0.4, -0.2) is 51.2 Å². The third kappa shape index (κ3) is 4.13. The average molecular weight is 390 g/mol. The fourth-order valence-corrected chi connectivity index (χ4v) is 4.86. The molecule has 5 nitrogen and oxygen atoms in total. The number of rotatable bonds is 5. The van der Waals surface area contributed by atoms with E-state index < -0.39 is 9.84 Å². The van der Waals surface area contributed by atoms with Gasteiger partial charge in [0.1, 0.15) is 5.82 Å². The number of sulfone groups is 1. The van der Waals surface area contributed by atoms with Crippen LogP contribution in [0.15, 0.2) is 53.4 Å². The van der Waals surface area contributed by atoms with Gasteiger partial charge in [-0.2, -0.15) is 0 Å². The van der Waals surface area contributed by atoms with Crippen molar-refractivity contribution >= 4 is 21.4 Å². The summed E-state index contributed by atoms with van der Waals surface area (Å²) >= 11 is 0. The Labute approximate surface area is 159 Å². The molecule has 0 unspecified atom stereocenters. The standard InChI is InChI=1S/C20H23FN2O3S/c1-2-15-27(25,26)19-10-6-3-7-16(19)20(24)23-13-11-22(12-14-23)18-9-5-4-8-17(18)21/h3-10H,2,11-15H2,1H3. The molecule has 2 aromatic rings. The minimum atomic E-state index is -3.49. The highest BCUT2D eigenvalue weighted by Crippen LogP contribution is 2.23. The maximum Gasteiger partial charge on any atom is 0.255 e. The number of amides is 1. The SMILES string of the molecule is CCCS(=O)(=O)c1ccccc1C(=O)N1CCN(c2ccccc2F)CC1. The van der Waals surface area contributed by atoms with Crippen molar-refractivity contribution in [2.24, 2.45) is 0 Å². The lowest BCUT2D eigenvalue weighted by Gasteiger charge is -2.36.